The third-order valence-corrected chi connectivity index (χ3v) is 4.19. The van der Waals surface area contributed by atoms with Crippen LogP contribution in [0.2, 0.25) is 0 Å². The summed E-state index contributed by atoms with van der Waals surface area (Å²) in [6, 6.07) is 0. The first-order chi connectivity index (χ1) is 8.16. The summed E-state index contributed by atoms with van der Waals surface area (Å²) >= 11 is 0. The maximum absolute atomic E-state index is 10.6. The molecule has 0 unspecified atom stereocenters. The fourth-order valence-corrected chi connectivity index (χ4v) is 2.70. The van der Waals surface area contributed by atoms with E-state index >= 15 is 0 Å². The smallest absolute Gasteiger partial charge is 0.266 e. The topological polar surface area (TPSA) is 115 Å². The van der Waals surface area contributed by atoms with Gasteiger partial charge in [0.25, 0.3) is 20.2 Å². The summed E-state index contributed by atoms with van der Waals surface area (Å²) in [5.74, 6) is -0.587. The van der Waals surface area contributed by atoms with E-state index in [2.05, 4.69) is 0 Å². The van der Waals surface area contributed by atoms with Crippen molar-refractivity contribution in [1.29, 1.82) is 0 Å². The molecule has 0 amide bonds. The fourth-order valence-electron chi connectivity index (χ4n) is 1.73. The molecule has 0 aliphatic carbocycles. The van der Waals surface area contributed by atoms with Crippen LogP contribution >= 0.6 is 0 Å². The molecule has 1 heterocycles. The van der Waals surface area contributed by atoms with Gasteiger partial charge in [-0.25, -0.2) is 0 Å². The van der Waals surface area contributed by atoms with Crippen molar-refractivity contribution in [2.24, 2.45) is 0 Å². The van der Waals surface area contributed by atoms with Gasteiger partial charge in [0.15, 0.2) is 0 Å². The second-order valence-corrected chi connectivity index (χ2v) is 7.40. The van der Waals surface area contributed by atoms with E-state index in [1.165, 1.54) is 0 Å². The first kappa shape index (κ1) is 25.3. The van der Waals surface area contributed by atoms with Gasteiger partial charge in [-0.15, -0.1) is 0 Å². The van der Waals surface area contributed by atoms with E-state index in [9.17, 15) is 16.8 Å². The van der Waals surface area contributed by atoms with Crippen LogP contribution in [0.15, 0.2) is 0 Å². The third-order valence-electron chi connectivity index (χ3n) is 2.80. The van der Waals surface area contributed by atoms with Crippen molar-refractivity contribution < 1.29 is 25.9 Å². The Kier molecular flexibility index (Phi) is 14.6. The van der Waals surface area contributed by atoms with E-state index in [1.54, 1.807) is 0 Å². The van der Waals surface area contributed by atoms with Crippen LogP contribution in [-0.2, 0) is 20.2 Å². The van der Waals surface area contributed by atoms with Crippen molar-refractivity contribution in [3.63, 3.8) is 0 Å². The van der Waals surface area contributed by atoms with Crippen LogP contribution in [0.4, 0.5) is 0 Å². The van der Waals surface area contributed by atoms with Crippen molar-refractivity contribution in [1.82, 2.24) is 9.80 Å². The van der Waals surface area contributed by atoms with Crippen molar-refractivity contribution in [3.8, 4) is 0 Å². The first-order valence-corrected chi connectivity index (χ1v) is 8.72. The average Bonchev–Trinajstić information content (AvgIpc) is 2.23. The number of nitrogens with zero attached hydrogens (tertiary/aromatic N) is 2. The minimum Gasteiger partial charge on any atom is -0.300 e. The molecule has 0 aromatic heterocycles. The molecule has 0 atom stereocenters. The van der Waals surface area contributed by atoms with E-state index in [1.807, 2.05) is 9.80 Å². The van der Waals surface area contributed by atoms with E-state index in [0.717, 1.165) is 0 Å². The van der Waals surface area contributed by atoms with Crippen LogP contribution in [0, 0.1) is 0 Å². The maximum atomic E-state index is 10.6. The quantitative estimate of drug-likeness (QED) is 0.388. The molecule has 20 heavy (non-hydrogen) atoms. The second kappa shape index (κ2) is 11.5. The van der Waals surface area contributed by atoms with E-state index in [-0.39, 0.29) is 127 Å². The summed E-state index contributed by atoms with van der Waals surface area (Å²) < 4.78 is 59.5. The Labute approximate surface area is 205 Å². The van der Waals surface area contributed by atoms with Gasteiger partial charge in [-0.2, -0.15) is 16.8 Å². The SMILES string of the molecule is O=S(=O)(O)CCN1CCN(CCS(=O)(=O)O)CC1.[K].[K]. The zero-order chi connectivity index (χ0) is 13.8. The third kappa shape index (κ3) is 13.5. The predicted molar refractivity (Wildman–Crippen MR) is 77.2 cm³/mol. The zero-order valence-electron chi connectivity index (χ0n) is 11.9. The Hall–Kier alpha value is 3.01. The fraction of sp³-hybridized carbons (Fsp3) is 1.00. The van der Waals surface area contributed by atoms with Gasteiger partial charge in [-0.3, -0.25) is 18.9 Å². The first-order valence-electron chi connectivity index (χ1n) is 5.51. The molecular formula is C8H18K2N2O6S2. The Morgan fingerprint density at radius 1 is 0.700 bits per heavy atom. The minimum absolute atomic E-state index is 0. The summed E-state index contributed by atoms with van der Waals surface area (Å²) in [7, 11) is -7.87. The van der Waals surface area contributed by atoms with Crippen molar-refractivity contribution in [2.45, 2.75) is 0 Å². The molecule has 1 aliphatic rings. The Bertz CT molecular complexity index is 417. The number of hydrogen-bond donors (Lipinski definition) is 2. The van der Waals surface area contributed by atoms with Gasteiger partial charge in [0, 0.05) is 142 Å². The molecule has 2 N–H and O–H groups in total. The number of rotatable bonds is 6. The van der Waals surface area contributed by atoms with Crippen LogP contribution in [-0.4, -0.2) is 189 Å². The molecule has 0 aromatic carbocycles. The van der Waals surface area contributed by atoms with Crippen molar-refractivity contribution in [2.75, 3.05) is 50.8 Å². The standard InChI is InChI=1S/C8H18N2O6S2.2K/c11-17(12,13)7-5-9-1-2-10(4-3-9)6-8-18(14,15)16;;/h1-8H2,(H,11,12,13)(H,14,15,16);;. The summed E-state index contributed by atoms with van der Waals surface area (Å²) in [6.45, 7) is 2.99. The van der Waals surface area contributed by atoms with Gasteiger partial charge < -0.3 is 0 Å². The predicted octanol–water partition coefficient (Wildman–Crippen LogP) is -2.38. The Morgan fingerprint density at radius 2 is 0.950 bits per heavy atom. The molecule has 12 heteroatoms. The Balaban J connectivity index is 0. The van der Waals surface area contributed by atoms with Crippen molar-refractivity contribution >= 4 is 123 Å². The normalized spacial score (nSPS) is 18.1. The van der Waals surface area contributed by atoms with Crippen LogP contribution in [0.5, 0.6) is 0 Å². The molecule has 1 saturated heterocycles. The largest absolute Gasteiger partial charge is 0.300 e. The van der Waals surface area contributed by atoms with Crippen molar-refractivity contribution in [3.05, 3.63) is 0 Å². The monoisotopic (exact) mass is 380 g/mol. The minimum atomic E-state index is -3.93. The molecule has 1 fully saturated rings. The van der Waals surface area contributed by atoms with Gasteiger partial charge in [0.05, 0.1) is 11.5 Å². The average molecular weight is 381 g/mol. The molecule has 0 aromatic rings. The van der Waals surface area contributed by atoms with E-state index in [4.69, 9.17) is 9.11 Å². The van der Waals surface area contributed by atoms with Crippen LogP contribution in [0.1, 0.15) is 0 Å². The van der Waals surface area contributed by atoms with Crippen LogP contribution < -0.4 is 0 Å². The van der Waals surface area contributed by atoms with E-state index in [0.29, 0.717) is 26.2 Å². The van der Waals surface area contributed by atoms with Gasteiger partial charge in [-0.1, -0.05) is 0 Å². The second-order valence-electron chi connectivity index (χ2n) is 4.26. The van der Waals surface area contributed by atoms with Gasteiger partial charge in [0.1, 0.15) is 0 Å². The van der Waals surface area contributed by atoms with Gasteiger partial charge in [0.2, 0.25) is 0 Å². The van der Waals surface area contributed by atoms with Gasteiger partial charge in [-0.05, 0) is 0 Å². The van der Waals surface area contributed by atoms with Crippen LogP contribution in [0.3, 0.4) is 0 Å². The van der Waals surface area contributed by atoms with Crippen LogP contribution in [0.25, 0.3) is 0 Å². The Morgan fingerprint density at radius 3 is 1.15 bits per heavy atom. The molecule has 8 nitrogen and oxygen atoms in total. The number of piperazine rings is 1. The molecular weight excluding hydrogens is 362 g/mol. The molecule has 0 spiro atoms. The summed E-state index contributed by atoms with van der Waals surface area (Å²) in [5, 5.41) is 0. The molecule has 2 radical (unpaired) electrons. The molecule has 1 rings (SSSR count). The molecule has 0 bridgehead atoms. The van der Waals surface area contributed by atoms with E-state index < -0.39 is 20.2 Å². The maximum Gasteiger partial charge on any atom is 0.266 e. The van der Waals surface area contributed by atoms with Gasteiger partial charge >= 0.3 is 0 Å². The molecule has 1 aliphatic heterocycles. The zero-order valence-corrected chi connectivity index (χ0v) is 19.8. The number of hydrogen-bond acceptors (Lipinski definition) is 6. The molecule has 110 valence electrons. The summed E-state index contributed by atoms with van der Waals surface area (Å²) in [6.07, 6.45) is 0. The molecule has 0 saturated carbocycles. The summed E-state index contributed by atoms with van der Waals surface area (Å²) in [5.41, 5.74) is 0. The summed E-state index contributed by atoms with van der Waals surface area (Å²) in [4.78, 5) is 3.77.